The van der Waals surface area contributed by atoms with E-state index in [1.165, 1.54) is 36.4 Å². The molecular weight excluding hydrogens is 728 g/mol. The summed E-state index contributed by atoms with van der Waals surface area (Å²) in [7, 11) is -5.06. The normalized spacial score (nSPS) is 12.1. The highest BCUT2D eigenvalue weighted by Gasteiger charge is 2.38. The molecule has 0 aliphatic rings. The molecule has 14 heteroatoms. The second-order valence-electron chi connectivity index (χ2n) is 10.2. The van der Waals surface area contributed by atoms with E-state index in [-0.39, 0.29) is 45.4 Å². The van der Waals surface area contributed by atoms with Crippen molar-refractivity contribution in [2.75, 3.05) is 4.72 Å². The maximum Gasteiger partial charge on any atom is 0.416 e. The average molecular weight is 751 g/mol. The van der Waals surface area contributed by atoms with Gasteiger partial charge >= 0.3 is 18.3 Å². The summed E-state index contributed by atoms with van der Waals surface area (Å²) >= 11 is 3.17. The van der Waals surface area contributed by atoms with Gasteiger partial charge in [-0.15, -0.1) is 0 Å². The van der Waals surface area contributed by atoms with Crippen molar-refractivity contribution < 1.29 is 49.0 Å². The first-order valence-corrected chi connectivity index (χ1v) is 16.1. The lowest BCUT2D eigenvalue weighted by atomic mass is 10.0. The van der Waals surface area contributed by atoms with Crippen LogP contribution in [-0.2, 0) is 27.1 Å². The number of halogens is 7. The summed E-state index contributed by atoms with van der Waals surface area (Å²) in [4.78, 5) is 12.3. The molecule has 0 aromatic heterocycles. The van der Waals surface area contributed by atoms with Crippen LogP contribution < -0.4 is 9.46 Å². The first-order valence-electron chi connectivity index (χ1n) is 13.8. The van der Waals surface area contributed by atoms with Crippen LogP contribution in [0, 0.1) is 0 Å². The Kier molecular flexibility index (Phi) is 9.87. The molecule has 1 N–H and O–H groups in total. The topological polar surface area (TPSA) is 81.7 Å². The predicted octanol–water partition coefficient (Wildman–Crippen LogP) is 10.0. The molecule has 0 aliphatic carbocycles. The first kappa shape index (κ1) is 34.5. The minimum atomic E-state index is -5.27. The number of rotatable bonds is 9. The molecule has 0 spiro atoms. The van der Waals surface area contributed by atoms with Gasteiger partial charge in [-0.2, -0.15) is 26.3 Å². The van der Waals surface area contributed by atoms with Crippen LogP contribution in [0.5, 0.6) is 11.5 Å². The van der Waals surface area contributed by atoms with Crippen LogP contribution in [0.2, 0.25) is 0 Å². The molecule has 0 radical (unpaired) electrons. The Morgan fingerprint density at radius 2 is 1.19 bits per heavy atom. The van der Waals surface area contributed by atoms with Crippen LogP contribution in [-0.4, -0.2) is 14.4 Å². The molecule has 0 amide bonds. The predicted molar refractivity (Wildman–Crippen MR) is 168 cm³/mol. The fourth-order valence-electron chi connectivity index (χ4n) is 4.55. The molecule has 0 saturated carbocycles. The van der Waals surface area contributed by atoms with Crippen molar-refractivity contribution in [1.82, 2.24) is 0 Å². The van der Waals surface area contributed by atoms with E-state index in [0.717, 1.165) is 0 Å². The van der Waals surface area contributed by atoms with Gasteiger partial charge in [0.2, 0.25) is 0 Å². The average Bonchev–Trinajstić information content (AvgIpc) is 3.04. The minimum Gasteiger partial charge on any atom is -0.454 e. The van der Waals surface area contributed by atoms with E-state index in [4.69, 9.17) is 9.47 Å². The summed E-state index contributed by atoms with van der Waals surface area (Å²) in [6.45, 7) is 0. The molecule has 5 aromatic rings. The molecule has 0 atom stereocenters. The minimum absolute atomic E-state index is 0.0567. The quantitative estimate of drug-likeness (QED) is 0.120. The van der Waals surface area contributed by atoms with E-state index in [9.17, 15) is 39.6 Å². The number of carbonyl (C=O) groups excluding carboxylic acids is 1. The molecule has 0 bridgehead atoms. The molecule has 6 nitrogen and oxygen atoms in total. The Balaban J connectivity index is 1.48. The standard InChI is InChI=1S/C34H22BrF6NO5S/c35-25-15-16-30(28(20-25)42-48(44,45)26-18-23(33(36,37)38)17-24(19-26)34(39,40)41)46-29-14-8-7-13-27(29)32(43)47-31(21-9-3-1-4-10-21)22-11-5-2-6-12-22/h1-20,31,42H. The Hall–Kier alpha value is -4.82. The fourth-order valence-corrected chi connectivity index (χ4v) is 6.05. The summed E-state index contributed by atoms with van der Waals surface area (Å²) < 4.78 is 121. The molecule has 248 valence electrons. The lowest BCUT2D eigenvalue weighted by molar-refractivity contribution is -0.143. The van der Waals surface area contributed by atoms with Crippen molar-refractivity contribution >= 4 is 37.6 Å². The van der Waals surface area contributed by atoms with Gasteiger partial charge in [0.05, 0.1) is 21.7 Å². The first-order chi connectivity index (χ1) is 22.6. The van der Waals surface area contributed by atoms with Gasteiger partial charge in [0.1, 0.15) is 11.3 Å². The third-order valence-corrected chi connectivity index (χ3v) is 8.65. The highest BCUT2D eigenvalue weighted by Crippen LogP contribution is 2.40. The van der Waals surface area contributed by atoms with Crippen molar-refractivity contribution in [2.24, 2.45) is 0 Å². The van der Waals surface area contributed by atoms with Crippen LogP contribution in [0.3, 0.4) is 0 Å². The van der Waals surface area contributed by atoms with Crippen molar-refractivity contribution in [3.05, 3.63) is 154 Å². The molecule has 0 heterocycles. The van der Waals surface area contributed by atoms with Crippen molar-refractivity contribution in [2.45, 2.75) is 23.4 Å². The summed E-state index contributed by atoms with van der Waals surface area (Å²) in [6, 6.07) is 27.7. The Morgan fingerprint density at radius 1 is 0.667 bits per heavy atom. The van der Waals surface area contributed by atoms with Gasteiger partial charge in [0.25, 0.3) is 10.0 Å². The third kappa shape index (κ3) is 8.17. The van der Waals surface area contributed by atoms with Gasteiger partial charge in [0.15, 0.2) is 11.9 Å². The zero-order chi connectivity index (χ0) is 34.7. The van der Waals surface area contributed by atoms with Crippen molar-refractivity contribution in [3.8, 4) is 11.5 Å². The molecule has 0 fully saturated rings. The molecule has 48 heavy (non-hydrogen) atoms. The number of esters is 1. The number of ether oxygens (including phenoxy) is 2. The maximum atomic E-state index is 13.6. The number of benzene rings is 5. The molecule has 0 saturated heterocycles. The van der Waals surface area contributed by atoms with Crippen molar-refractivity contribution in [1.29, 1.82) is 0 Å². The number of sulfonamides is 1. The zero-order valence-corrected chi connectivity index (χ0v) is 26.6. The Bertz CT molecular complexity index is 1970. The number of alkyl halides is 6. The summed E-state index contributed by atoms with van der Waals surface area (Å²) in [5.41, 5.74) is -2.66. The van der Waals surface area contributed by atoms with E-state index in [0.29, 0.717) is 11.1 Å². The van der Waals surface area contributed by atoms with Gasteiger partial charge in [-0.3, -0.25) is 4.72 Å². The summed E-state index contributed by atoms with van der Waals surface area (Å²) in [5, 5.41) is 0. The van der Waals surface area contributed by atoms with E-state index in [1.807, 2.05) is 16.9 Å². The van der Waals surface area contributed by atoms with Crippen LogP contribution in [0.25, 0.3) is 0 Å². The molecule has 5 rings (SSSR count). The van der Waals surface area contributed by atoms with E-state index in [2.05, 4.69) is 15.9 Å². The Morgan fingerprint density at radius 3 is 1.73 bits per heavy atom. The third-order valence-electron chi connectivity index (χ3n) is 6.81. The maximum absolute atomic E-state index is 13.6. The largest absolute Gasteiger partial charge is 0.454 e. The molecule has 0 unspecified atom stereocenters. The van der Waals surface area contributed by atoms with Crippen molar-refractivity contribution in [3.63, 3.8) is 0 Å². The second kappa shape index (κ2) is 13.7. The highest BCUT2D eigenvalue weighted by molar-refractivity contribution is 9.10. The number of hydrogen-bond donors (Lipinski definition) is 1. The molecular formula is C34H22BrF6NO5S. The van der Waals surface area contributed by atoms with Crippen LogP contribution in [0.1, 0.15) is 38.7 Å². The van der Waals surface area contributed by atoms with Crippen LogP contribution in [0.4, 0.5) is 32.0 Å². The van der Waals surface area contributed by atoms with Crippen LogP contribution in [0.15, 0.2) is 131 Å². The van der Waals surface area contributed by atoms with Gasteiger partial charge < -0.3 is 9.47 Å². The van der Waals surface area contributed by atoms with Gasteiger partial charge in [-0.05, 0) is 59.7 Å². The summed E-state index contributed by atoms with van der Waals surface area (Å²) in [6.07, 6.45) is -11.3. The summed E-state index contributed by atoms with van der Waals surface area (Å²) in [5.74, 6) is -1.11. The number of carbonyl (C=O) groups is 1. The van der Waals surface area contributed by atoms with E-state index >= 15 is 0 Å². The van der Waals surface area contributed by atoms with Gasteiger partial charge in [-0.25, -0.2) is 13.2 Å². The van der Waals surface area contributed by atoms with E-state index < -0.39 is 50.5 Å². The lowest BCUT2D eigenvalue weighted by Gasteiger charge is -2.20. The highest BCUT2D eigenvalue weighted by atomic mass is 79.9. The number of hydrogen-bond acceptors (Lipinski definition) is 5. The van der Waals surface area contributed by atoms with Gasteiger partial charge in [-0.1, -0.05) is 88.7 Å². The van der Waals surface area contributed by atoms with Gasteiger partial charge in [0, 0.05) is 4.47 Å². The zero-order valence-electron chi connectivity index (χ0n) is 24.2. The fraction of sp³-hybridized carbons (Fsp3) is 0.0882. The Labute approximate surface area is 279 Å². The monoisotopic (exact) mass is 749 g/mol. The second-order valence-corrected chi connectivity index (χ2v) is 12.8. The molecule has 0 aliphatic heterocycles. The lowest BCUT2D eigenvalue weighted by Crippen LogP contribution is -2.18. The number of nitrogens with one attached hydrogen (secondary N) is 1. The van der Waals surface area contributed by atoms with E-state index in [1.54, 1.807) is 54.6 Å². The number of anilines is 1. The smallest absolute Gasteiger partial charge is 0.416 e. The number of para-hydroxylation sites is 1. The van der Waals surface area contributed by atoms with Crippen LogP contribution >= 0.6 is 15.9 Å². The molecule has 5 aromatic carbocycles. The SMILES string of the molecule is O=C(OC(c1ccccc1)c1ccccc1)c1ccccc1Oc1ccc(Br)cc1NS(=O)(=O)c1cc(C(F)(F)F)cc(C(F)(F)F)c1.